The van der Waals surface area contributed by atoms with E-state index in [9.17, 15) is 0 Å². The first-order valence-corrected chi connectivity index (χ1v) is 17.9. The molecule has 0 atom stereocenters. The summed E-state index contributed by atoms with van der Waals surface area (Å²) in [7, 11) is 0. The van der Waals surface area contributed by atoms with Crippen molar-refractivity contribution >= 4 is 65.3 Å². The topological polar surface area (TPSA) is 22.8 Å². The van der Waals surface area contributed by atoms with Gasteiger partial charge in [0.05, 0.1) is 27.6 Å². The van der Waals surface area contributed by atoms with Crippen molar-refractivity contribution in [2.75, 3.05) is 0 Å². The van der Waals surface area contributed by atoms with Crippen LogP contribution >= 0.6 is 0 Å². The summed E-state index contributed by atoms with van der Waals surface area (Å²) >= 11 is 0. The van der Waals surface area contributed by atoms with Gasteiger partial charge >= 0.3 is 0 Å². The average Bonchev–Trinajstić information content (AvgIpc) is 3.67. The van der Waals surface area contributed by atoms with Gasteiger partial charge < -0.3 is 4.57 Å². The van der Waals surface area contributed by atoms with Crippen LogP contribution in [0.1, 0.15) is 0 Å². The second-order valence-electron chi connectivity index (χ2n) is 14.0. The van der Waals surface area contributed by atoms with Crippen molar-refractivity contribution in [2.45, 2.75) is 0 Å². The molecule has 0 spiro atoms. The summed E-state index contributed by atoms with van der Waals surface area (Å²) in [6.45, 7) is 0. The first kappa shape index (κ1) is 27.8. The molecule has 12 rings (SSSR count). The Labute approximate surface area is 299 Å². The lowest BCUT2D eigenvalue weighted by molar-refractivity contribution is 1.11. The molecule has 0 unspecified atom stereocenters. The molecular formula is C49H29N3. The van der Waals surface area contributed by atoms with Crippen LogP contribution in [0.3, 0.4) is 0 Å². The van der Waals surface area contributed by atoms with Crippen LogP contribution in [0.4, 0.5) is 0 Å². The van der Waals surface area contributed by atoms with Crippen molar-refractivity contribution in [2.24, 2.45) is 0 Å². The van der Waals surface area contributed by atoms with Crippen molar-refractivity contribution in [3.8, 4) is 44.9 Å². The lowest BCUT2D eigenvalue weighted by Gasteiger charge is -2.13. The number of pyridine rings is 1. The van der Waals surface area contributed by atoms with Crippen LogP contribution in [-0.4, -0.2) is 14.1 Å². The largest absolute Gasteiger partial charge is 0.309 e. The summed E-state index contributed by atoms with van der Waals surface area (Å²) in [4.78, 5) is 5.37. The summed E-state index contributed by atoms with van der Waals surface area (Å²) in [5.41, 5.74) is 14.2. The highest BCUT2D eigenvalue weighted by molar-refractivity contribution is 6.18. The van der Waals surface area contributed by atoms with Crippen LogP contribution in [0.15, 0.2) is 176 Å². The molecule has 8 aromatic carbocycles. The highest BCUT2D eigenvalue weighted by Gasteiger charge is 2.26. The zero-order valence-electron chi connectivity index (χ0n) is 28.1. The van der Waals surface area contributed by atoms with Crippen LogP contribution in [0.5, 0.6) is 0 Å². The standard InChI is InChI=1S/C49H29N3/c1-2-14-35(15-3-1)51-45-23-21-33(27-41(45)42-25-30-11-4-5-12-31(30)29-47(42)51)32-22-24-46-40(26-32)39-19-10-18-38-36-16-7-8-17-37(36)43-28-34-13-6-9-20-44(34)50-49(43)52(46)48(38)39/h1-29H. The summed E-state index contributed by atoms with van der Waals surface area (Å²) in [6, 6.07) is 64.3. The SMILES string of the molecule is c1ccc(-n2c3ccc(-c4ccc5c(c4)c4cccc6c4n5-c4nc5ccccc5cc4-c4ccccc4-6)cc3c3cc4ccccc4cc32)cc1. The van der Waals surface area contributed by atoms with E-state index in [4.69, 9.17) is 4.98 Å². The van der Waals surface area contributed by atoms with Gasteiger partial charge in [0.25, 0.3) is 0 Å². The molecule has 0 radical (unpaired) electrons. The molecule has 1 aliphatic heterocycles. The monoisotopic (exact) mass is 659 g/mol. The van der Waals surface area contributed by atoms with Gasteiger partial charge in [-0.05, 0) is 93.7 Å². The molecule has 240 valence electrons. The molecule has 52 heavy (non-hydrogen) atoms. The second-order valence-corrected chi connectivity index (χ2v) is 14.0. The first-order valence-electron chi connectivity index (χ1n) is 17.9. The van der Waals surface area contributed by atoms with E-state index in [-0.39, 0.29) is 0 Å². The molecule has 3 nitrogen and oxygen atoms in total. The molecule has 0 saturated heterocycles. The van der Waals surface area contributed by atoms with E-state index in [1.165, 1.54) is 82.4 Å². The van der Waals surface area contributed by atoms with Crippen molar-refractivity contribution < 1.29 is 0 Å². The minimum absolute atomic E-state index is 0.978. The maximum atomic E-state index is 5.37. The van der Waals surface area contributed by atoms with Gasteiger partial charge in [-0.15, -0.1) is 0 Å². The molecule has 0 bridgehead atoms. The third kappa shape index (κ3) is 3.77. The molecule has 0 amide bonds. The number of fused-ring (bicyclic) bond motifs is 13. The Bertz CT molecular complexity index is 3290. The van der Waals surface area contributed by atoms with E-state index in [1.54, 1.807) is 0 Å². The number of hydrogen-bond donors (Lipinski definition) is 0. The quantitative estimate of drug-likeness (QED) is 0.181. The molecule has 11 aromatic rings. The fourth-order valence-corrected chi connectivity index (χ4v) is 8.85. The van der Waals surface area contributed by atoms with Crippen LogP contribution in [0, 0.1) is 0 Å². The first-order chi connectivity index (χ1) is 25.8. The van der Waals surface area contributed by atoms with E-state index in [2.05, 4.69) is 185 Å². The fourth-order valence-electron chi connectivity index (χ4n) is 8.85. The highest BCUT2D eigenvalue weighted by atomic mass is 15.1. The third-order valence-electron chi connectivity index (χ3n) is 11.2. The van der Waals surface area contributed by atoms with Gasteiger partial charge in [-0.1, -0.05) is 115 Å². The lowest BCUT2D eigenvalue weighted by atomic mass is 9.93. The van der Waals surface area contributed by atoms with E-state index >= 15 is 0 Å². The molecule has 3 heteroatoms. The molecule has 1 aliphatic rings. The third-order valence-corrected chi connectivity index (χ3v) is 11.2. The molecule has 4 heterocycles. The van der Waals surface area contributed by atoms with E-state index in [0.29, 0.717) is 0 Å². The van der Waals surface area contributed by atoms with Gasteiger partial charge in [0.2, 0.25) is 0 Å². The van der Waals surface area contributed by atoms with Crippen molar-refractivity contribution in [1.82, 2.24) is 14.1 Å². The predicted molar refractivity (Wildman–Crippen MR) is 218 cm³/mol. The van der Waals surface area contributed by atoms with Gasteiger partial charge in [-0.25, -0.2) is 4.98 Å². The Kier molecular flexibility index (Phi) is 5.50. The van der Waals surface area contributed by atoms with Crippen molar-refractivity contribution in [3.63, 3.8) is 0 Å². The van der Waals surface area contributed by atoms with Gasteiger partial charge in [-0.2, -0.15) is 0 Å². The predicted octanol–water partition coefficient (Wildman–Crippen LogP) is 12.9. The average molecular weight is 660 g/mol. The number of nitrogens with zero attached hydrogens (tertiary/aromatic N) is 3. The maximum absolute atomic E-state index is 5.37. The summed E-state index contributed by atoms with van der Waals surface area (Å²) in [5, 5.41) is 8.63. The van der Waals surface area contributed by atoms with E-state index in [0.717, 1.165) is 27.8 Å². The van der Waals surface area contributed by atoms with Crippen LogP contribution in [0.2, 0.25) is 0 Å². The number of hydrogen-bond acceptors (Lipinski definition) is 1. The van der Waals surface area contributed by atoms with Crippen LogP contribution in [0.25, 0.3) is 110 Å². The molecule has 3 aromatic heterocycles. The van der Waals surface area contributed by atoms with Gasteiger partial charge in [0, 0.05) is 43.7 Å². The minimum Gasteiger partial charge on any atom is -0.309 e. The normalized spacial score (nSPS) is 12.2. The number of para-hydroxylation sites is 3. The van der Waals surface area contributed by atoms with Crippen molar-refractivity contribution in [3.05, 3.63) is 176 Å². The van der Waals surface area contributed by atoms with Gasteiger partial charge in [0.15, 0.2) is 0 Å². The van der Waals surface area contributed by atoms with Crippen molar-refractivity contribution in [1.29, 1.82) is 0 Å². The number of rotatable bonds is 2. The molecule has 0 saturated carbocycles. The Morgan fingerprint density at radius 1 is 0.346 bits per heavy atom. The Morgan fingerprint density at radius 2 is 0.942 bits per heavy atom. The maximum Gasteiger partial charge on any atom is 0.146 e. The number of benzene rings is 8. The molecular weight excluding hydrogens is 631 g/mol. The van der Waals surface area contributed by atoms with Crippen LogP contribution < -0.4 is 0 Å². The Morgan fingerprint density at radius 3 is 1.73 bits per heavy atom. The minimum atomic E-state index is 0.978. The summed E-state index contributed by atoms with van der Waals surface area (Å²) in [6.07, 6.45) is 0. The zero-order valence-corrected chi connectivity index (χ0v) is 28.1. The Balaban J connectivity index is 1.13. The van der Waals surface area contributed by atoms with Gasteiger partial charge in [-0.3, -0.25) is 4.57 Å². The van der Waals surface area contributed by atoms with Gasteiger partial charge in [0.1, 0.15) is 5.82 Å². The summed E-state index contributed by atoms with van der Waals surface area (Å²) < 4.78 is 4.82. The molecule has 0 fully saturated rings. The highest BCUT2D eigenvalue weighted by Crippen LogP contribution is 2.47. The van der Waals surface area contributed by atoms with Crippen LogP contribution in [-0.2, 0) is 0 Å². The Hall–Kier alpha value is -6.97. The molecule has 0 aliphatic carbocycles. The lowest BCUT2D eigenvalue weighted by Crippen LogP contribution is -2.00. The smallest absolute Gasteiger partial charge is 0.146 e. The van der Waals surface area contributed by atoms with E-state index in [1.807, 2.05) is 0 Å². The molecule has 0 N–H and O–H groups in total. The summed E-state index contributed by atoms with van der Waals surface area (Å²) in [5.74, 6) is 0.978. The second kappa shape index (κ2) is 10.3. The number of aromatic nitrogens is 3. The zero-order chi connectivity index (χ0) is 33.9. The fraction of sp³-hybridized carbons (Fsp3) is 0. The van der Waals surface area contributed by atoms with E-state index < -0.39 is 0 Å².